The van der Waals surface area contributed by atoms with Crippen LogP contribution < -0.4 is 30.7 Å². The van der Waals surface area contributed by atoms with Crippen LogP contribution in [0.15, 0.2) is 36.4 Å². The van der Waals surface area contributed by atoms with E-state index in [-0.39, 0.29) is 24.6 Å². The zero-order valence-corrected chi connectivity index (χ0v) is 38.5. The van der Waals surface area contributed by atoms with Gasteiger partial charge in [-0.15, -0.1) is 22.7 Å². The molecule has 346 valence electrons. The van der Waals surface area contributed by atoms with E-state index in [4.69, 9.17) is 29.4 Å². The molecule has 0 amide bonds. The predicted molar refractivity (Wildman–Crippen MR) is 248 cm³/mol. The summed E-state index contributed by atoms with van der Waals surface area (Å²) in [5, 5.41) is 59.7. The Hall–Kier alpha value is -5.12. The highest BCUT2D eigenvalue weighted by molar-refractivity contribution is 7.22. The second kappa shape index (κ2) is 17.6. The molecule has 4 aromatic heterocycles. The number of alkyl halides is 2. The van der Waals surface area contributed by atoms with E-state index in [2.05, 4.69) is 31.2 Å². The van der Waals surface area contributed by atoms with Crippen molar-refractivity contribution in [2.75, 3.05) is 41.5 Å². The standard InChI is InChI=1S/C45H54F2N10O6S2/c1-7-48-42-50-21(3)33(39(56-42)57-45(61)16-15-26(37(45)60)44(5,46)47)40-53-27-17-24(13-14-30(27)64-40)63-36-25(22(4)58)18-28(35(36)59)52-38-32(20(2)51-43(55-38)49-19-23-11-12-23)41-54-34-29(62-6)9-8-10-31(34)65-41/h8-10,13-14,17,22-23,25-26,28,35-37,58-61H,7,11-12,15-16,18-19H2,1-6H3,(H2,48,50,56,57)(H2,49,51,52,55)/t22?,25-,26?,28-,35+,36-,37-,45+/m1/s1. The highest BCUT2D eigenvalue weighted by Crippen LogP contribution is 2.46. The Balaban J connectivity index is 0.998. The minimum atomic E-state index is -3.21. The summed E-state index contributed by atoms with van der Waals surface area (Å²) in [6.07, 6.45) is -2.03. The molecule has 3 aliphatic carbocycles. The lowest BCUT2D eigenvalue weighted by Crippen LogP contribution is -2.50. The van der Waals surface area contributed by atoms with Crippen molar-refractivity contribution in [3.63, 3.8) is 0 Å². The van der Waals surface area contributed by atoms with E-state index in [1.807, 2.05) is 38.1 Å². The zero-order chi connectivity index (χ0) is 45.9. The van der Waals surface area contributed by atoms with Crippen LogP contribution in [0.2, 0.25) is 0 Å². The number of methoxy groups -OCH3 is 1. The van der Waals surface area contributed by atoms with Crippen LogP contribution in [-0.4, -0.2) is 113 Å². The van der Waals surface area contributed by atoms with Crippen LogP contribution >= 0.6 is 22.7 Å². The maximum Gasteiger partial charge on any atom is 0.250 e. The minimum absolute atomic E-state index is 0.0970. The van der Waals surface area contributed by atoms with Crippen LogP contribution in [-0.2, 0) is 0 Å². The third-order valence-corrected chi connectivity index (χ3v) is 14.8. The Morgan fingerprint density at radius 1 is 0.908 bits per heavy atom. The summed E-state index contributed by atoms with van der Waals surface area (Å²) in [4.78, 5) is 28.8. The number of aromatic nitrogens is 6. The topological polar surface area (TPSA) is 225 Å². The fraction of sp³-hybridized carbons (Fsp3) is 0.511. The van der Waals surface area contributed by atoms with Crippen molar-refractivity contribution in [3.05, 3.63) is 47.8 Å². The first-order chi connectivity index (χ1) is 31.0. The lowest BCUT2D eigenvalue weighted by molar-refractivity contribution is -0.117. The molecule has 0 aliphatic heterocycles. The molecule has 2 aromatic carbocycles. The third-order valence-electron chi connectivity index (χ3n) is 12.8. The molecule has 3 saturated carbocycles. The molecular weight excluding hydrogens is 879 g/mol. The summed E-state index contributed by atoms with van der Waals surface area (Å²) in [7, 11) is 1.62. The van der Waals surface area contributed by atoms with Gasteiger partial charge in [-0.3, -0.25) is 0 Å². The lowest BCUT2D eigenvalue weighted by Gasteiger charge is -2.32. The monoisotopic (exact) mass is 932 g/mol. The van der Waals surface area contributed by atoms with Gasteiger partial charge in [0.1, 0.15) is 57.0 Å². The molecular formula is C45H54F2N10O6S2. The summed E-state index contributed by atoms with van der Waals surface area (Å²) in [6.45, 7) is 9.25. The first kappa shape index (κ1) is 45.1. The van der Waals surface area contributed by atoms with Crippen LogP contribution in [0.5, 0.6) is 11.5 Å². The maximum absolute atomic E-state index is 14.4. The third kappa shape index (κ3) is 8.95. The van der Waals surface area contributed by atoms with Gasteiger partial charge in [-0.2, -0.15) is 9.97 Å². The molecule has 0 spiro atoms. The number of anilines is 4. The minimum Gasteiger partial charge on any atom is -0.494 e. The second-order valence-corrected chi connectivity index (χ2v) is 19.7. The van der Waals surface area contributed by atoms with Gasteiger partial charge in [0.2, 0.25) is 11.9 Å². The molecule has 8 atom stereocenters. The van der Waals surface area contributed by atoms with Crippen molar-refractivity contribution in [1.29, 1.82) is 0 Å². The van der Waals surface area contributed by atoms with E-state index in [0.717, 1.165) is 41.2 Å². The molecule has 6 aromatic rings. The van der Waals surface area contributed by atoms with Crippen LogP contribution in [0.3, 0.4) is 0 Å². The Bertz CT molecular complexity index is 2710. The number of benzene rings is 2. The number of thiazole rings is 2. The molecule has 3 aliphatic rings. The molecule has 9 rings (SSSR count). The number of nitrogens with one attached hydrogen (secondary N) is 4. The van der Waals surface area contributed by atoms with Gasteiger partial charge in [-0.25, -0.2) is 28.7 Å². The van der Waals surface area contributed by atoms with E-state index in [1.165, 1.54) is 22.7 Å². The molecule has 20 heteroatoms. The summed E-state index contributed by atoms with van der Waals surface area (Å²) in [5.41, 5.74) is 1.57. The van der Waals surface area contributed by atoms with E-state index >= 15 is 0 Å². The van der Waals surface area contributed by atoms with Gasteiger partial charge in [-0.1, -0.05) is 6.07 Å². The highest BCUT2D eigenvalue weighted by atomic mass is 32.1. The van der Waals surface area contributed by atoms with E-state index in [1.54, 1.807) is 33.1 Å². The Morgan fingerprint density at radius 2 is 1.60 bits per heavy atom. The number of ether oxygens (including phenoxy) is 2. The van der Waals surface area contributed by atoms with Crippen molar-refractivity contribution in [1.82, 2.24) is 29.9 Å². The van der Waals surface area contributed by atoms with Gasteiger partial charge >= 0.3 is 0 Å². The smallest absolute Gasteiger partial charge is 0.250 e. The van der Waals surface area contributed by atoms with Crippen molar-refractivity contribution < 1.29 is 38.7 Å². The zero-order valence-electron chi connectivity index (χ0n) is 36.9. The molecule has 65 heavy (non-hydrogen) atoms. The van der Waals surface area contributed by atoms with Crippen molar-refractivity contribution in [3.8, 4) is 32.6 Å². The number of para-hydroxylation sites is 1. The molecule has 16 nitrogen and oxygen atoms in total. The second-order valence-electron chi connectivity index (χ2n) is 17.6. The lowest BCUT2D eigenvalue weighted by atomic mass is 9.97. The molecule has 8 N–H and O–H groups in total. The first-order valence-corrected chi connectivity index (χ1v) is 23.6. The van der Waals surface area contributed by atoms with E-state index in [9.17, 15) is 29.2 Å². The maximum atomic E-state index is 14.4. The first-order valence-electron chi connectivity index (χ1n) is 22.0. The van der Waals surface area contributed by atoms with Gasteiger partial charge in [0.15, 0.2) is 5.72 Å². The van der Waals surface area contributed by atoms with Gasteiger partial charge in [-0.05, 0) is 96.9 Å². The van der Waals surface area contributed by atoms with Crippen LogP contribution in [0.25, 0.3) is 41.6 Å². The normalized spacial score (nSPS) is 25.0. The van der Waals surface area contributed by atoms with Crippen molar-refractivity contribution >= 4 is 66.6 Å². The number of aliphatic hydroxyl groups excluding tert-OH is 3. The Kier molecular flexibility index (Phi) is 12.2. The SMILES string of the molecule is CCNc1nc(C)c(-c2nc3cc(O[C@H]4[C@@H](O)[C@H](Nc5nc(NCC6CC6)nc(C)c5-c5nc6c(OC)cccc6s5)C[C@@H]4C(C)O)ccc3s2)c(N[C@]2(O)CCC(C(C)(F)F)[C@H]2O)n1. The fourth-order valence-electron chi connectivity index (χ4n) is 9.05. The van der Waals surface area contributed by atoms with Crippen LogP contribution in [0.4, 0.5) is 32.3 Å². The molecule has 0 bridgehead atoms. The largest absolute Gasteiger partial charge is 0.494 e. The number of fused-ring (bicyclic) bond motifs is 2. The molecule has 0 radical (unpaired) electrons. The number of nitrogens with zero attached hydrogens (tertiary/aromatic N) is 6. The van der Waals surface area contributed by atoms with E-state index < -0.39 is 53.9 Å². The molecule has 0 saturated heterocycles. The van der Waals surface area contributed by atoms with Gasteiger partial charge in [0, 0.05) is 25.1 Å². The highest BCUT2D eigenvalue weighted by Gasteiger charge is 2.55. The summed E-state index contributed by atoms with van der Waals surface area (Å²) in [5.74, 6) is -2.10. The van der Waals surface area contributed by atoms with Crippen LogP contribution in [0, 0.1) is 31.6 Å². The van der Waals surface area contributed by atoms with Crippen molar-refractivity contribution in [2.45, 2.75) is 109 Å². The molecule has 4 heterocycles. The number of aryl methyl sites for hydroxylation is 2. The predicted octanol–water partition coefficient (Wildman–Crippen LogP) is 7.22. The average Bonchev–Trinajstić information content (AvgIpc) is 3.52. The number of rotatable bonds is 16. The molecule has 3 fully saturated rings. The molecule has 2 unspecified atom stereocenters. The van der Waals surface area contributed by atoms with Crippen LogP contribution in [0.1, 0.15) is 64.3 Å². The fourth-order valence-corrected chi connectivity index (χ4v) is 11.2. The van der Waals surface area contributed by atoms with Gasteiger partial charge in [0.25, 0.3) is 5.92 Å². The number of aliphatic hydroxyl groups is 4. The number of hydrogen-bond donors (Lipinski definition) is 8. The number of hydrogen-bond acceptors (Lipinski definition) is 18. The summed E-state index contributed by atoms with van der Waals surface area (Å²) >= 11 is 2.83. The van der Waals surface area contributed by atoms with Gasteiger partial charge in [0.05, 0.1) is 62.6 Å². The van der Waals surface area contributed by atoms with Crippen molar-refractivity contribution in [2.24, 2.45) is 17.8 Å². The van der Waals surface area contributed by atoms with Gasteiger partial charge < -0.3 is 51.2 Å². The van der Waals surface area contributed by atoms with E-state index in [0.29, 0.717) is 80.2 Å². The summed E-state index contributed by atoms with van der Waals surface area (Å²) < 4.78 is 42.7. The Morgan fingerprint density at radius 3 is 2.28 bits per heavy atom. The number of halogens is 2. The average molecular weight is 933 g/mol. The summed E-state index contributed by atoms with van der Waals surface area (Å²) in [6, 6.07) is 10.6. The quantitative estimate of drug-likeness (QED) is 0.0449. The Labute approximate surface area is 382 Å².